The van der Waals surface area contributed by atoms with E-state index in [-0.39, 0.29) is 0 Å². The molecule has 0 rings (SSSR count). The van der Waals surface area contributed by atoms with Crippen LogP contribution in [0.25, 0.3) is 0 Å². The number of aliphatic hydroxyl groups excluding tert-OH is 1. The maximum atomic E-state index is 11.7. The van der Waals surface area contributed by atoms with Crippen LogP contribution in [0.3, 0.4) is 0 Å². The minimum atomic E-state index is -1.27. The molecule has 0 aliphatic carbocycles. The number of hydrogen-bond acceptors (Lipinski definition) is 3. The summed E-state index contributed by atoms with van der Waals surface area (Å²) in [5, 5.41) is 20.6. The van der Waals surface area contributed by atoms with Gasteiger partial charge in [-0.15, -0.1) is 0 Å². The third-order valence-electron chi connectivity index (χ3n) is 6.29. The number of allylic oxidation sites excluding steroid dienone is 1. The molecular weight excluding hydrogens is 414 g/mol. The number of hydrogen-bond donors (Lipinski definition) is 3. The molecule has 0 radical (unpaired) electrons. The fourth-order valence-corrected chi connectivity index (χ4v) is 4.12. The highest BCUT2D eigenvalue weighted by molar-refractivity contribution is 5.91. The Morgan fingerprint density at radius 3 is 1.39 bits per heavy atom. The van der Waals surface area contributed by atoms with E-state index in [2.05, 4.69) is 12.2 Å². The van der Waals surface area contributed by atoms with Gasteiger partial charge in [0.2, 0.25) is 5.91 Å². The summed E-state index contributed by atoms with van der Waals surface area (Å²) in [6.07, 6.45) is 28.6. The van der Waals surface area contributed by atoms with Crippen molar-refractivity contribution in [3.63, 3.8) is 0 Å². The van der Waals surface area contributed by atoms with E-state index in [0.717, 1.165) is 19.3 Å². The van der Waals surface area contributed by atoms with Crippen LogP contribution in [0.15, 0.2) is 12.2 Å². The van der Waals surface area contributed by atoms with Crippen molar-refractivity contribution in [3.8, 4) is 0 Å². The molecule has 0 saturated carbocycles. The Kier molecular flexibility index (Phi) is 22.8. The third-order valence-corrected chi connectivity index (χ3v) is 6.29. The third kappa shape index (κ3) is 22.2. The number of unbranched alkanes of at least 4 members (excludes halogenated alkanes) is 19. The number of carbonyl (C=O) groups is 2. The van der Waals surface area contributed by atoms with Gasteiger partial charge in [-0.1, -0.05) is 129 Å². The first-order chi connectivity index (χ1) is 16.0. The minimum absolute atomic E-state index is 0.471. The minimum Gasteiger partial charge on any atom is -0.480 e. The maximum absolute atomic E-state index is 11.7. The number of aliphatic carboxylic acids is 1. The largest absolute Gasteiger partial charge is 0.480 e. The zero-order valence-electron chi connectivity index (χ0n) is 21.7. The molecular formula is C28H53NO4. The van der Waals surface area contributed by atoms with E-state index in [1.807, 2.05) is 0 Å². The SMILES string of the molecule is CCCCCCCCCCCCCCCCCCCCCC=CC(=O)N[C@H](C(=O)O)[C@@H](C)O. The maximum Gasteiger partial charge on any atom is 0.328 e. The van der Waals surface area contributed by atoms with Crippen LogP contribution in [0.4, 0.5) is 0 Å². The molecule has 194 valence electrons. The molecule has 0 unspecified atom stereocenters. The average Bonchev–Trinajstić information content (AvgIpc) is 2.78. The van der Waals surface area contributed by atoms with E-state index >= 15 is 0 Å². The number of carboxylic acid groups (broad SMARTS) is 1. The van der Waals surface area contributed by atoms with Crippen LogP contribution in [0.1, 0.15) is 142 Å². The van der Waals surface area contributed by atoms with Crippen molar-refractivity contribution in [2.24, 2.45) is 0 Å². The van der Waals surface area contributed by atoms with Gasteiger partial charge in [0.25, 0.3) is 0 Å². The van der Waals surface area contributed by atoms with Gasteiger partial charge in [-0.3, -0.25) is 4.79 Å². The molecule has 0 saturated heterocycles. The highest BCUT2D eigenvalue weighted by Gasteiger charge is 2.23. The molecule has 0 spiro atoms. The van der Waals surface area contributed by atoms with Gasteiger partial charge in [-0.2, -0.15) is 0 Å². The predicted molar refractivity (Wildman–Crippen MR) is 138 cm³/mol. The number of nitrogens with one attached hydrogen (secondary N) is 1. The van der Waals surface area contributed by atoms with Crippen molar-refractivity contribution in [1.29, 1.82) is 0 Å². The lowest BCUT2D eigenvalue weighted by Gasteiger charge is -2.15. The van der Waals surface area contributed by atoms with Crippen LogP contribution in [0, 0.1) is 0 Å². The lowest BCUT2D eigenvalue weighted by Crippen LogP contribution is -2.47. The second kappa shape index (κ2) is 23.8. The molecule has 5 nitrogen and oxygen atoms in total. The molecule has 0 heterocycles. The van der Waals surface area contributed by atoms with Crippen LogP contribution >= 0.6 is 0 Å². The molecule has 0 aromatic carbocycles. The van der Waals surface area contributed by atoms with Crippen molar-refractivity contribution in [2.75, 3.05) is 0 Å². The summed E-state index contributed by atoms with van der Waals surface area (Å²) in [5.41, 5.74) is 0. The number of carboxylic acids is 1. The molecule has 0 aromatic heterocycles. The van der Waals surface area contributed by atoms with E-state index in [1.54, 1.807) is 6.08 Å². The van der Waals surface area contributed by atoms with Crippen LogP contribution in [0.5, 0.6) is 0 Å². The van der Waals surface area contributed by atoms with Crippen molar-refractivity contribution >= 4 is 11.9 Å². The Balaban J connectivity index is 3.33. The smallest absolute Gasteiger partial charge is 0.328 e. The quantitative estimate of drug-likeness (QED) is 0.103. The lowest BCUT2D eigenvalue weighted by molar-refractivity contribution is -0.144. The predicted octanol–water partition coefficient (Wildman–Crippen LogP) is 7.31. The van der Waals surface area contributed by atoms with Gasteiger partial charge >= 0.3 is 5.97 Å². The Hall–Kier alpha value is -1.36. The Labute approximate surface area is 203 Å². The molecule has 33 heavy (non-hydrogen) atoms. The zero-order valence-corrected chi connectivity index (χ0v) is 21.7. The first-order valence-electron chi connectivity index (χ1n) is 13.9. The second-order valence-electron chi connectivity index (χ2n) is 9.62. The summed E-state index contributed by atoms with van der Waals surface area (Å²) >= 11 is 0. The van der Waals surface area contributed by atoms with Gasteiger partial charge in [0.1, 0.15) is 0 Å². The van der Waals surface area contributed by atoms with Crippen LogP contribution in [-0.2, 0) is 9.59 Å². The topological polar surface area (TPSA) is 86.6 Å². The Bertz CT molecular complexity index is 490. The fourth-order valence-electron chi connectivity index (χ4n) is 4.12. The van der Waals surface area contributed by atoms with Crippen LogP contribution in [-0.4, -0.2) is 34.2 Å². The molecule has 1 amide bonds. The molecule has 0 bridgehead atoms. The normalized spacial score (nSPS) is 13.3. The number of amides is 1. The van der Waals surface area contributed by atoms with Gasteiger partial charge in [0, 0.05) is 0 Å². The van der Waals surface area contributed by atoms with Gasteiger partial charge in [0.05, 0.1) is 6.10 Å². The fraction of sp³-hybridized carbons (Fsp3) is 0.857. The number of aliphatic hydroxyl groups is 1. The van der Waals surface area contributed by atoms with E-state index in [1.165, 1.54) is 122 Å². The van der Waals surface area contributed by atoms with Gasteiger partial charge < -0.3 is 15.5 Å². The summed E-state index contributed by atoms with van der Waals surface area (Å²) in [5.74, 6) is -1.70. The van der Waals surface area contributed by atoms with E-state index in [4.69, 9.17) is 5.11 Å². The second-order valence-corrected chi connectivity index (χ2v) is 9.62. The van der Waals surface area contributed by atoms with Gasteiger partial charge in [-0.05, 0) is 25.8 Å². The summed E-state index contributed by atoms with van der Waals surface area (Å²) in [6.45, 7) is 3.63. The monoisotopic (exact) mass is 467 g/mol. The lowest BCUT2D eigenvalue weighted by atomic mass is 10.0. The Morgan fingerprint density at radius 2 is 1.06 bits per heavy atom. The summed E-state index contributed by atoms with van der Waals surface area (Å²) < 4.78 is 0. The molecule has 3 N–H and O–H groups in total. The summed E-state index contributed by atoms with van der Waals surface area (Å²) in [6, 6.07) is -1.27. The summed E-state index contributed by atoms with van der Waals surface area (Å²) in [7, 11) is 0. The zero-order chi connectivity index (χ0) is 24.6. The van der Waals surface area contributed by atoms with E-state index in [0.29, 0.717) is 0 Å². The molecule has 0 aromatic rings. The van der Waals surface area contributed by atoms with Crippen molar-refractivity contribution in [1.82, 2.24) is 5.32 Å². The van der Waals surface area contributed by atoms with Crippen LogP contribution in [0.2, 0.25) is 0 Å². The Morgan fingerprint density at radius 1 is 0.697 bits per heavy atom. The van der Waals surface area contributed by atoms with Crippen molar-refractivity contribution in [3.05, 3.63) is 12.2 Å². The average molecular weight is 468 g/mol. The van der Waals surface area contributed by atoms with Gasteiger partial charge in [-0.25, -0.2) is 4.79 Å². The highest BCUT2D eigenvalue weighted by Crippen LogP contribution is 2.14. The standard InChI is InChI=1S/C28H53NO4/c1-3-4-5-6-7-8-9-10-11-12-13-14-15-16-17-18-19-20-21-22-23-24-26(31)29-27(25(2)30)28(32)33/h23-25,27,30H,3-22H2,1-2H3,(H,29,31)(H,32,33)/t25-,27+/m1/s1. The first-order valence-corrected chi connectivity index (χ1v) is 13.9. The number of rotatable bonds is 24. The molecule has 0 aliphatic heterocycles. The molecule has 2 atom stereocenters. The van der Waals surface area contributed by atoms with E-state index in [9.17, 15) is 14.7 Å². The van der Waals surface area contributed by atoms with Crippen molar-refractivity contribution < 1.29 is 19.8 Å². The highest BCUT2D eigenvalue weighted by atomic mass is 16.4. The van der Waals surface area contributed by atoms with Crippen molar-refractivity contribution in [2.45, 2.75) is 154 Å². The van der Waals surface area contributed by atoms with Crippen LogP contribution < -0.4 is 5.32 Å². The van der Waals surface area contributed by atoms with E-state index < -0.39 is 24.0 Å². The molecule has 0 fully saturated rings. The summed E-state index contributed by atoms with van der Waals surface area (Å²) in [4.78, 5) is 22.6. The molecule has 5 heteroatoms. The van der Waals surface area contributed by atoms with Gasteiger partial charge in [0.15, 0.2) is 6.04 Å². The number of carbonyl (C=O) groups excluding carboxylic acids is 1. The first kappa shape index (κ1) is 31.6. The molecule has 0 aliphatic rings.